The van der Waals surface area contributed by atoms with Crippen LogP contribution in [0.2, 0.25) is 0 Å². The Morgan fingerprint density at radius 1 is 1.56 bits per heavy atom. The van der Waals surface area contributed by atoms with Gasteiger partial charge >= 0.3 is 0 Å². The number of hydrogen-bond donors (Lipinski definition) is 1. The fourth-order valence-electron chi connectivity index (χ4n) is 1.90. The molecule has 1 atom stereocenters. The van der Waals surface area contributed by atoms with Gasteiger partial charge in [0.25, 0.3) is 0 Å². The van der Waals surface area contributed by atoms with Gasteiger partial charge in [-0.2, -0.15) is 0 Å². The molecular formula is C13H14BrFN2O. The lowest BCUT2D eigenvalue weighted by atomic mass is 10.2. The number of rotatable bonds is 2. The van der Waals surface area contributed by atoms with Crippen LogP contribution in [0, 0.1) is 5.82 Å². The zero-order valence-electron chi connectivity index (χ0n) is 9.77. The first-order valence-electron chi connectivity index (χ1n) is 5.74. The van der Waals surface area contributed by atoms with Crippen molar-refractivity contribution in [1.29, 1.82) is 0 Å². The van der Waals surface area contributed by atoms with E-state index in [1.54, 1.807) is 17.0 Å². The molecule has 1 saturated heterocycles. The highest BCUT2D eigenvalue weighted by molar-refractivity contribution is 9.10. The average Bonchev–Trinajstić information content (AvgIpc) is 2.77. The number of nitrogens with zero attached hydrogens (tertiary/aromatic N) is 1. The number of benzene rings is 1. The molecule has 0 radical (unpaired) electrons. The van der Waals surface area contributed by atoms with Crippen LogP contribution in [-0.4, -0.2) is 29.9 Å². The third kappa shape index (κ3) is 3.17. The second-order valence-electron chi connectivity index (χ2n) is 4.33. The Morgan fingerprint density at radius 3 is 3.00 bits per heavy atom. The van der Waals surface area contributed by atoms with E-state index < -0.39 is 0 Å². The molecule has 0 spiro atoms. The zero-order chi connectivity index (χ0) is 13.1. The van der Waals surface area contributed by atoms with E-state index in [0.717, 1.165) is 10.9 Å². The fourth-order valence-corrected chi connectivity index (χ4v) is 2.28. The number of likely N-dealkylation sites (tertiary alicyclic amines) is 1. The minimum atomic E-state index is -0.347. The summed E-state index contributed by atoms with van der Waals surface area (Å²) >= 11 is 3.27. The van der Waals surface area contributed by atoms with Crippen molar-refractivity contribution in [2.45, 2.75) is 12.5 Å². The summed E-state index contributed by atoms with van der Waals surface area (Å²) in [4.78, 5) is 13.5. The highest BCUT2D eigenvalue weighted by atomic mass is 79.9. The predicted molar refractivity (Wildman–Crippen MR) is 72.3 cm³/mol. The van der Waals surface area contributed by atoms with Crippen molar-refractivity contribution in [1.82, 2.24) is 4.90 Å². The fraction of sp³-hybridized carbons (Fsp3) is 0.308. The summed E-state index contributed by atoms with van der Waals surface area (Å²) < 4.78 is 14.2. The molecule has 0 saturated carbocycles. The summed E-state index contributed by atoms with van der Waals surface area (Å²) in [6, 6.07) is 4.67. The van der Waals surface area contributed by atoms with Crippen LogP contribution in [0.15, 0.2) is 28.7 Å². The molecule has 0 bridgehead atoms. The Morgan fingerprint density at radius 2 is 2.33 bits per heavy atom. The molecule has 1 fully saturated rings. The Hall–Kier alpha value is -1.20. The van der Waals surface area contributed by atoms with Gasteiger partial charge in [0, 0.05) is 35.2 Å². The van der Waals surface area contributed by atoms with E-state index in [1.807, 2.05) is 0 Å². The van der Waals surface area contributed by atoms with Crippen LogP contribution in [0.4, 0.5) is 4.39 Å². The van der Waals surface area contributed by atoms with Crippen LogP contribution in [0.25, 0.3) is 6.08 Å². The van der Waals surface area contributed by atoms with E-state index in [-0.39, 0.29) is 17.8 Å². The molecule has 1 heterocycles. The molecule has 1 amide bonds. The Balaban J connectivity index is 2.06. The van der Waals surface area contributed by atoms with Crippen molar-refractivity contribution in [3.63, 3.8) is 0 Å². The third-order valence-corrected chi connectivity index (χ3v) is 3.39. The van der Waals surface area contributed by atoms with Crippen molar-refractivity contribution < 1.29 is 9.18 Å². The Labute approximate surface area is 114 Å². The van der Waals surface area contributed by atoms with Gasteiger partial charge in [0.05, 0.1) is 0 Å². The molecule has 0 unspecified atom stereocenters. The van der Waals surface area contributed by atoms with Crippen LogP contribution in [0.1, 0.15) is 12.0 Å². The van der Waals surface area contributed by atoms with Crippen molar-refractivity contribution in [2.24, 2.45) is 5.73 Å². The first-order chi connectivity index (χ1) is 8.56. The molecule has 3 nitrogen and oxygen atoms in total. The molecule has 2 N–H and O–H groups in total. The number of nitrogens with two attached hydrogens (primary N) is 1. The maximum Gasteiger partial charge on any atom is 0.246 e. The van der Waals surface area contributed by atoms with Gasteiger partial charge in [0.2, 0.25) is 5.91 Å². The predicted octanol–water partition coefficient (Wildman–Crippen LogP) is 2.16. The number of hydrogen-bond acceptors (Lipinski definition) is 2. The smallest absolute Gasteiger partial charge is 0.246 e. The van der Waals surface area contributed by atoms with E-state index in [4.69, 9.17) is 5.73 Å². The van der Waals surface area contributed by atoms with Crippen molar-refractivity contribution in [2.75, 3.05) is 13.1 Å². The van der Waals surface area contributed by atoms with Crippen LogP contribution in [-0.2, 0) is 4.79 Å². The number of halogens is 2. The molecule has 96 valence electrons. The van der Waals surface area contributed by atoms with E-state index in [2.05, 4.69) is 15.9 Å². The highest BCUT2D eigenvalue weighted by Gasteiger charge is 2.21. The number of carbonyl (C=O) groups is 1. The van der Waals surface area contributed by atoms with Crippen molar-refractivity contribution >= 4 is 27.9 Å². The van der Waals surface area contributed by atoms with Crippen LogP contribution >= 0.6 is 15.9 Å². The monoisotopic (exact) mass is 312 g/mol. The second kappa shape index (κ2) is 5.63. The normalized spacial score (nSPS) is 19.7. The van der Waals surface area contributed by atoms with Crippen molar-refractivity contribution in [3.8, 4) is 0 Å². The standard InChI is InChI=1S/C13H14BrFN2O/c14-10-2-3-12(15)9(7-10)1-4-13(18)17-6-5-11(16)8-17/h1-4,7,11H,5-6,8,16H2/b4-1+/t11-/m0/s1. The SMILES string of the molecule is N[C@H]1CCN(C(=O)/C=C/c2cc(Br)ccc2F)C1. The lowest BCUT2D eigenvalue weighted by molar-refractivity contribution is -0.124. The van der Waals surface area contributed by atoms with Gasteiger partial charge in [-0.15, -0.1) is 0 Å². The summed E-state index contributed by atoms with van der Waals surface area (Å²) in [5, 5.41) is 0. The van der Waals surface area contributed by atoms with Gasteiger partial charge in [-0.3, -0.25) is 4.79 Å². The van der Waals surface area contributed by atoms with Crippen LogP contribution in [0.5, 0.6) is 0 Å². The summed E-state index contributed by atoms with van der Waals surface area (Å²) in [6.45, 7) is 1.25. The summed E-state index contributed by atoms with van der Waals surface area (Å²) in [5.41, 5.74) is 6.12. The van der Waals surface area contributed by atoms with Crippen molar-refractivity contribution in [3.05, 3.63) is 40.1 Å². The van der Waals surface area contributed by atoms with Crippen LogP contribution < -0.4 is 5.73 Å². The molecule has 1 aliphatic rings. The molecule has 18 heavy (non-hydrogen) atoms. The molecule has 2 rings (SSSR count). The number of amides is 1. The zero-order valence-corrected chi connectivity index (χ0v) is 11.4. The maximum atomic E-state index is 13.4. The quantitative estimate of drug-likeness (QED) is 0.851. The average molecular weight is 313 g/mol. The van der Waals surface area contributed by atoms with Gasteiger partial charge in [-0.05, 0) is 30.7 Å². The lowest BCUT2D eigenvalue weighted by Crippen LogP contribution is -2.30. The van der Waals surface area contributed by atoms with Gasteiger partial charge in [0.15, 0.2) is 0 Å². The van der Waals surface area contributed by atoms with E-state index in [9.17, 15) is 9.18 Å². The Kier molecular flexibility index (Phi) is 4.14. The molecule has 1 aromatic carbocycles. The summed E-state index contributed by atoms with van der Waals surface area (Å²) in [7, 11) is 0. The summed E-state index contributed by atoms with van der Waals surface area (Å²) in [5.74, 6) is -0.470. The van der Waals surface area contributed by atoms with E-state index in [1.165, 1.54) is 18.2 Å². The molecule has 1 aliphatic heterocycles. The number of carbonyl (C=O) groups excluding carboxylic acids is 1. The Bertz CT molecular complexity index is 490. The topological polar surface area (TPSA) is 46.3 Å². The lowest BCUT2D eigenvalue weighted by Gasteiger charge is -2.12. The first-order valence-corrected chi connectivity index (χ1v) is 6.53. The first kappa shape index (κ1) is 13.2. The third-order valence-electron chi connectivity index (χ3n) is 2.90. The summed E-state index contributed by atoms with van der Waals surface area (Å²) in [6.07, 6.45) is 3.71. The highest BCUT2D eigenvalue weighted by Crippen LogP contribution is 2.17. The molecule has 0 aromatic heterocycles. The molecule has 1 aromatic rings. The maximum absolute atomic E-state index is 13.4. The van der Waals surface area contributed by atoms with E-state index >= 15 is 0 Å². The van der Waals surface area contributed by atoms with Gasteiger partial charge in [-0.1, -0.05) is 15.9 Å². The minimum Gasteiger partial charge on any atom is -0.338 e. The largest absolute Gasteiger partial charge is 0.338 e. The minimum absolute atomic E-state index is 0.0601. The van der Waals surface area contributed by atoms with Gasteiger partial charge < -0.3 is 10.6 Å². The molecular weight excluding hydrogens is 299 g/mol. The van der Waals surface area contributed by atoms with E-state index in [0.29, 0.717) is 18.7 Å². The molecule has 5 heteroatoms. The van der Waals surface area contributed by atoms with Gasteiger partial charge in [-0.25, -0.2) is 4.39 Å². The van der Waals surface area contributed by atoms with Gasteiger partial charge in [0.1, 0.15) is 5.82 Å². The van der Waals surface area contributed by atoms with Crippen LogP contribution in [0.3, 0.4) is 0 Å². The molecule has 0 aliphatic carbocycles. The second-order valence-corrected chi connectivity index (χ2v) is 5.25.